The van der Waals surface area contributed by atoms with E-state index in [1.165, 1.54) is 0 Å². The number of hydrogen-bond donors (Lipinski definition) is 0. The van der Waals surface area contributed by atoms with Crippen LogP contribution in [0.15, 0.2) is 12.1 Å². The molecule has 23 heavy (non-hydrogen) atoms. The smallest absolute Gasteiger partial charge is 0.410 e. The van der Waals surface area contributed by atoms with Crippen LogP contribution >= 0.6 is 23.2 Å². The van der Waals surface area contributed by atoms with E-state index in [4.69, 9.17) is 32.7 Å². The molecule has 1 atom stereocenters. The minimum atomic E-state index is -0.403. The molecule has 0 aromatic heterocycles. The van der Waals surface area contributed by atoms with Crippen molar-refractivity contribution in [2.24, 2.45) is 0 Å². The molecule has 2 fully saturated rings. The molecule has 1 amide bonds. The summed E-state index contributed by atoms with van der Waals surface area (Å²) in [6.07, 6.45) is 1.64. The van der Waals surface area contributed by atoms with Crippen LogP contribution in [0.25, 0.3) is 0 Å². The maximum atomic E-state index is 11.7. The number of methoxy groups -OCH3 is 1. The zero-order chi connectivity index (χ0) is 16.6. The fourth-order valence-electron chi connectivity index (χ4n) is 3.53. The van der Waals surface area contributed by atoms with Crippen molar-refractivity contribution in [3.8, 4) is 5.75 Å². The highest BCUT2D eigenvalue weighted by Crippen LogP contribution is 2.36. The lowest BCUT2D eigenvalue weighted by molar-refractivity contribution is -0.0115. The number of carbonyl (C=O) groups is 1. The van der Waals surface area contributed by atoms with E-state index in [1.54, 1.807) is 25.1 Å². The van der Waals surface area contributed by atoms with E-state index in [0.717, 1.165) is 24.9 Å². The number of hydrogen-bond acceptors (Lipinski definition) is 4. The minimum Gasteiger partial charge on any atom is -0.495 e. The molecule has 0 aliphatic carbocycles. The molecule has 2 aliphatic rings. The first kappa shape index (κ1) is 16.7. The van der Waals surface area contributed by atoms with Crippen molar-refractivity contribution in [2.75, 3.05) is 33.8 Å². The van der Waals surface area contributed by atoms with Crippen LogP contribution in [-0.2, 0) is 11.3 Å². The third-order valence-corrected chi connectivity index (χ3v) is 4.94. The lowest BCUT2D eigenvalue weighted by Gasteiger charge is -2.38. The van der Waals surface area contributed by atoms with E-state index in [2.05, 4.69) is 4.90 Å². The van der Waals surface area contributed by atoms with Crippen molar-refractivity contribution < 1.29 is 14.3 Å². The lowest BCUT2D eigenvalue weighted by Crippen LogP contribution is -2.50. The molecule has 2 heterocycles. The largest absolute Gasteiger partial charge is 0.495 e. The Hall–Kier alpha value is -1.17. The number of halogens is 2. The quantitative estimate of drug-likeness (QED) is 0.830. The summed E-state index contributed by atoms with van der Waals surface area (Å²) >= 11 is 12.3. The van der Waals surface area contributed by atoms with Crippen molar-refractivity contribution in [2.45, 2.75) is 25.0 Å². The van der Waals surface area contributed by atoms with Crippen LogP contribution in [0.3, 0.4) is 0 Å². The minimum absolute atomic E-state index is 0.241. The van der Waals surface area contributed by atoms with Gasteiger partial charge < -0.3 is 14.4 Å². The van der Waals surface area contributed by atoms with Gasteiger partial charge in [0.1, 0.15) is 11.4 Å². The van der Waals surface area contributed by atoms with Gasteiger partial charge in [-0.2, -0.15) is 0 Å². The van der Waals surface area contributed by atoms with Gasteiger partial charge in [0, 0.05) is 30.7 Å². The first-order valence-electron chi connectivity index (χ1n) is 7.61. The van der Waals surface area contributed by atoms with Crippen LogP contribution in [0.5, 0.6) is 5.75 Å². The molecule has 1 aromatic rings. The standard InChI is InChI=1S/C16H20Cl2N2O3/c1-19-9-16(23-15(19)21)4-3-5-20(10-16)8-11-6-12(17)7-13(18)14(11)22-2/h6-7H,3-5,8-10H2,1-2H3/t16-/m1/s1. The Bertz CT molecular complexity index is 626. The van der Waals surface area contributed by atoms with Gasteiger partial charge in [0.2, 0.25) is 0 Å². The number of amides is 1. The highest BCUT2D eigenvalue weighted by Gasteiger charge is 2.46. The summed E-state index contributed by atoms with van der Waals surface area (Å²) in [6, 6.07) is 3.55. The number of piperidine rings is 1. The number of likely N-dealkylation sites (tertiary alicyclic amines) is 1. The van der Waals surface area contributed by atoms with E-state index in [1.807, 2.05) is 6.07 Å². The molecule has 2 saturated heterocycles. The summed E-state index contributed by atoms with van der Waals surface area (Å²) in [6.45, 7) is 2.94. The molecule has 0 saturated carbocycles. The summed E-state index contributed by atoms with van der Waals surface area (Å²) in [5.41, 5.74) is 0.541. The fraction of sp³-hybridized carbons (Fsp3) is 0.562. The van der Waals surface area contributed by atoms with Gasteiger partial charge in [0.05, 0.1) is 18.7 Å². The predicted octanol–water partition coefficient (Wildman–Crippen LogP) is 3.42. The molecule has 0 bridgehead atoms. The number of carbonyl (C=O) groups excluding carboxylic acids is 1. The topological polar surface area (TPSA) is 42.0 Å². The van der Waals surface area contributed by atoms with Gasteiger partial charge in [-0.05, 0) is 31.5 Å². The van der Waals surface area contributed by atoms with Gasteiger partial charge >= 0.3 is 6.09 Å². The van der Waals surface area contributed by atoms with Crippen LogP contribution in [0.2, 0.25) is 10.0 Å². The Morgan fingerprint density at radius 3 is 2.78 bits per heavy atom. The average Bonchev–Trinajstić information content (AvgIpc) is 2.72. The summed E-state index contributed by atoms with van der Waals surface area (Å²) < 4.78 is 11.0. The molecule has 126 valence electrons. The summed E-state index contributed by atoms with van der Waals surface area (Å²) in [7, 11) is 3.37. The van der Waals surface area contributed by atoms with E-state index >= 15 is 0 Å². The molecule has 0 N–H and O–H groups in total. The molecule has 5 nitrogen and oxygen atoms in total. The Morgan fingerprint density at radius 1 is 1.35 bits per heavy atom. The molecule has 1 spiro atoms. The van der Waals surface area contributed by atoms with Crippen molar-refractivity contribution >= 4 is 29.3 Å². The number of benzene rings is 1. The third kappa shape index (κ3) is 3.37. The highest BCUT2D eigenvalue weighted by molar-refractivity contribution is 6.35. The van der Waals surface area contributed by atoms with Crippen molar-refractivity contribution in [3.63, 3.8) is 0 Å². The number of likely N-dealkylation sites (N-methyl/N-ethyl adjacent to an activating group) is 1. The van der Waals surface area contributed by atoms with Crippen LogP contribution in [0, 0.1) is 0 Å². The van der Waals surface area contributed by atoms with E-state index in [-0.39, 0.29) is 6.09 Å². The molecule has 0 radical (unpaired) electrons. The second-order valence-electron chi connectivity index (χ2n) is 6.30. The molecule has 1 aromatic carbocycles. The Morgan fingerprint density at radius 2 is 2.13 bits per heavy atom. The van der Waals surface area contributed by atoms with E-state index in [0.29, 0.717) is 35.4 Å². The Kier molecular flexibility index (Phi) is 4.63. The van der Waals surface area contributed by atoms with Gasteiger partial charge in [-0.15, -0.1) is 0 Å². The first-order chi connectivity index (χ1) is 10.9. The van der Waals surface area contributed by atoms with Gasteiger partial charge in [-0.1, -0.05) is 23.2 Å². The maximum Gasteiger partial charge on any atom is 0.410 e. The van der Waals surface area contributed by atoms with Gasteiger partial charge in [0.15, 0.2) is 0 Å². The molecular weight excluding hydrogens is 339 g/mol. The fourth-order valence-corrected chi connectivity index (χ4v) is 4.14. The third-order valence-electron chi connectivity index (χ3n) is 4.44. The summed E-state index contributed by atoms with van der Waals surface area (Å²) in [4.78, 5) is 15.6. The summed E-state index contributed by atoms with van der Waals surface area (Å²) in [5.74, 6) is 0.649. The van der Waals surface area contributed by atoms with Crippen LogP contribution in [-0.4, -0.2) is 55.3 Å². The van der Waals surface area contributed by atoms with Crippen LogP contribution < -0.4 is 4.74 Å². The Balaban J connectivity index is 1.77. The second-order valence-corrected chi connectivity index (χ2v) is 7.14. The normalized spacial score (nSPS) is 25.0. The predicted molar refractivity (Wildman–Crippen MR) is 89.4 cm³/mol. The molecular formula is C16H20Cl2N2O3. The second kappa shape index (κ2) is 6.38. The molecule has 2 aliphatic heterocycles. The molecule has 0 unspecified atom stereocenters. The van der Waals surface area contributed by atoms with Gasteiger partial charge in [0.25, 0.3) is 0 Å². The van der Waals surface area contributed by atoms with Gasteiger partial charge in [-0.3, -0.25) is 4.90 Å². The van der Waals surface area contributed by atoms with Crippen LogP contribution in [0.1, 0.15) is 18.4 Å². The zero-order valence-electron chi connectivity index (χ0n) is 13.3. The van der Waals surface area contributed by atoms with Crippen LogP contribution in [0.4, 0.5) is 4.79 Å². The van der Waals surface area contributed by atoms with E-state index in [9.17, 15) is 4.79 Å². The average molecular weight is 359 g/mol. The highest BCUT2D eigenvalue weighted by atomic mass is 35.5. The summed E-state index contributed by atoms with van der Waals surface area (Å²) in [5, 5.41) is 1.10. The SMILES string of the molecule is COc1c(Cl)cc(Cl)cc1CN1CCC[C@]2(C1)CN(C)C(=O)O2. The van der Waals surface area contributed by atoms with Gasteiger partial charge in [-0.25, -0.2) is 4.79 Å². The molecule has 3 rings (SSSR count). The van der Waals surface area contributed by atoms with Crippen molar-refractivity contribution in [1.29, 1.82) is 0 Å². The number of rotatable bonds is 3. The number of ether oxygens (including phenoxy) is 2. The van der Waals surface area contributed by atoms with Crippen molar-refractivity contribution in [1.82, 2.24) is 9.80 Å². The van der Waals surface area contributed by atoms with E-state index < -0.39 is 5.60 Å². The zero-order valence-corrected chi connectivity index (χ0v) is 14.8. The van der Waals surface area contributed by atoms with Crippen molar-refractivity contribution in [3.05, 3.63) is 27.7 Å². The lowest BCUT2D eigenvalue weighted by atomic mass is 9.92. The first-order valence-corrected chi connectivity index (χ1v) is 8.36. The monoisotopic (exact) mass is 358 g/mol. The Labute approximate surface area is 146 Å². The number of nitrogens with zero attached hydrogens (tertiary/aromatic N) is 2. The molecule has 7 heteroatoms. The maximum absolute atomic E-state index is 11.7.